The number of nitrogens with two attached hydrogens (primary N) is 1. The van der Waals surface area contributed by atoms with E-state index in [-0.39, 0.29) is 12.3 Å². The van der Waals surface area contributed by atoms with Gasteiger partial charge in [0.15, 0.2) is 0 Å². The highest BCUT2D eigenvalue weighted by atomic mass is 16.4. The third kappa shape index (κ3) is 7.37. The Morgan fingerprint density at radius 1 is 1.24 bits per heavy atom. The van der Waals surface area contributed by atoms with Gasteiger partial charge in [0.2, 0.25) is 0 Å². The summed E-state index contributed by atoms with van der Waals surface area (Å²) >= 11 is 0. The second-order valence-corrected chi connectivity index (χ2v) is 5.35. The van der Waals surface area contributed by atoms with Crippen LogP contribution >= 0.6 is 0 Å². The van der Waals surface area contributed by atoms with E-state index >= 15 is 0 Å². The fourth-order valence-electron chi connectivity index (χ4n) is 2.55. The van der Waals surface area contributed by atoms with E-state index in [0.717, 1.165) is 6.42 Å². The number of hydrogen-bond acceptors (Lipinski definition) is 2. The molecule has 3 heteroatoms. The van der Waals surface area contributed by atoms with Crippen LogP contribution in [0.15, 0.2) is 0 Å². The van der Waals surface area contributed by atoms with E-state index < -0.39 is 5.97 Å². The second-order valence-electron chi connectivity index (χ2n) is 5.35. The van der Waals surface area contributed by atoms with Crippen LogP contribution in [0.2, 0.25) is 0 Å². The van der Waals surface area contributed by atoms with Crippen LogP contribution < -0.4 is 5.73 Å². The van der Waals surface area contributed by atoms with Gasteiger partial charge < -0.3 is 10.8 Å². The molecule has 102 valence electrons. The van der Waals surface area contributed by atoms with Gasteiger partial charge in [-0.15, -0.1) is 0 Å². The lowest BCUT2D eigenvalue weighted by molar-refractivity contribution is -0.138. The van der Waals surface area contributed by atoms with Gasteiger partial charge in [-0.3, -0.25) is 4.79 Å². The van der Waals surface area contributed by atoms with Gasteiger partial charge in [0.1, 0.15) is 0 Å². The van der Waals surface area contributed by atoms with Gasteiger partial charge in [-0.1, -0.05) is 46.5 Å². The maximum atomic E-state index is 10.8. The number of carboxylic acid groups (broad SMARTS) is 1. The summed E-state index contributed by atoms with van der Waals surface area (Å²) in [5.74, 6) is 0.381. The molecular formula is C14H29NO2. The zero-order chi connectivity index (χ0) is 13.3. The summed E-state index contributed by atoms with van der Waals surface area (Å²) < 4.78 is 0. The molecule has 0 radical (unpaired) electrons. The van der Waals surface area contributed by atoms with Crippen LogP contribution in [-0.4, -0.2) is 17.6 Å². The summed E-state index contributed by atoms with van der Waals surface area (Å²) in [4.78, 5) is 10.8. The van der Waals surface area contributed by atoms with Gasteiger partial charge in [-0.25, -0.2) is 0 Å². The lowest BCUT2D eigenvalue weighted by atomic mass is 9.78. The van der Waals surface area contributed by atoms with E-state index in [1.807, 2.05) is 0 Å². The first-order valence-corrected chi connectivity index (χ1v) is 6.94. The summed E-state index contributed by atoms with van der Waals surface area (Å²) in [6.45, 7) is 7.04. The fourth-order valence-corrected chi connectivity index (χ4v) is 2.55. The second kappa shape index (κ2) is 9.46. The topological polar surface area (TPSA) is 63.3 Å². The monoisotopic (exact) mass is 243 g/mol. The van der Waals surface area contributed by atoms with Crippen molar-refractivity contribution in [2.24, 2.45) is 23.5 Å². The van der Waals surface area contributed by atoms with Crippen molar-refractivity contribution in [3.8, 4) is 0 Å². The van der Waals surface area contributed by atoms with E-state index in [4.69, 9.17) is 10.8 Å². The Labute approximate surface area is 106 Å². The van der Waals surface area contributed by atoms with Crippen molar-refractivity contribution < 1.29 is 9.90 Å². The quantitative estimate of drug-likeness (QED) is 0.579. The van der Waals surface area contributed by atoms with Crippen molar-refractivity contribution in [3.63, 3.8) is 0 Å². The molecule has 2 unspecified atom stereocenters. The number of carbonyl (C=O) groups is 1. The molecule has 0 aliphatic heterocycles. The van der Waals surface area contributed by atoms with Crippen LogP contribution in [0.25, 0.3) is 0 Å². The maximum Gasteiger partial charge on any atom is 0.303 e. The van der Waals surface area contributed by atoms with E-state index in [1.165, 1.54) is 25.7 Å². The Morgan fingerprint density at radius 3 is 2.29 bits per heavy atom. The Bertz CT molecular complexity index is 204. The third-order valence-electron chi connectivity index (χ3n) is 3.59. The van der Waals surface area contributed by atoms with Gasteiger partial charge in [0.25, 0.3) is 0 Å². The first kappa shape index (κ1) is 16.4. The molecule has 0 aliphatic carbocycles. The number of aliphatic carboxylic acids is 1. The highest BCUT2D eigenvalue weighted by molar-refractivity contribution is 5.67. The summed E-state index contributed by atoms with van der Waals surface area (Å²) in [6, 6.07) is 0. The number of hydrogen-bond donors (Lipinski definition) is 2. The standard InChI is InChI=1S/C14H29NO2/c1-4-5-6-7-8-13(11(2)3)12(10-15)9-14(16)17/h11-13H,4-10,15H2,1-3H3,(H,16,17). The molecule has 0 aromatic rings. The van der Waals surface area contributed by atoms with E-state index in [9.17, 15) is 4.79 Å². The van der Waals surface area contributed by atoms with Gasteiger partial charge in [0.05, 0.1) is 0 Å². The molecule has 0 aliphatic rings. The Hall–Kier alpha value is -0.570. The summed E-state index contributed by atoms with van der Waals surface area (Å²) in [5.41, 5.74) is 5.73. The SMILES string of the molecule is CCCCCCC(C(C)C)C(CN)CC(=O)O. The number of rotatable bonds is 10. The summed E-state index contributed by atoms with van der Waals surface area (Å²) in [5, 5.41) is 8.90. The first-order chi connectivity index (χ1) is 8.02. The van der Waals surface area contributed by atoms with Crippen molar-refractivity contribution in [3.05, 3.63) is 0 Å². The Balaban J connectivity index is 4.22. The lowest BCUT2D eigenvalue weighted by Crippen LogP contribution is -2.29. The largest absolute Gasteiger partial charge is 0.481 e. The number of carboxylic acids is 1. The average molecular weight is 243 g/mol. The van der Waals surface area contributed by atoms with Crippen LogP contribution in [0.4, 0.5) is 0 Å². The summed E-state index contributed by atoms with van der Waals surface area (Å²) in [6.07, 6.45) is 6.30. The maximum absolute atomic E-state index is 10.8. The molecule has 3 nitrogen and oxygen atoms in total. The van der Waals surface area contributed by atoms with Crippen LogP contribution in [-0.2, 0) is 4.79 Å². The molecule has 0 bridgehead atoms. The minimum Gasteiger partial charge on any atom is -0.481 e. The van der Waals surface area contributed by atoms with Crippen molar-refractivity contribution >= 4 is 5.97 Å². The fraction of sp³-hybridized carbons (Fsp3) is 0.929. The Morgan fingerprint density at radius 2 is 1.88 bits per heavy atom. The van der Waals surface area contributed by atoms with E-state index in [1.54, 1.807) is 0 Å². The van der Waals surface area contributed by atoms with Gasteiger partial charge in [-0.2, -0.15) is 0 Å². The molecule has 0 rings (SSSR count). The van der Waals surface area contributed by atoms with Crippen LogP contribution in [0.1, 0.15) is 59.3 Å². The minimum atomic E-state index is -0.723. The van der Waals surface area contributed by atoms with Crippen molar-refractivity contribution in [1.82, 2.24) is 0 Å². The average Bonchev–Trinajstić information content (AvgIpc) is 2.26. The van der Waals surface area contributed by atoms with Gasteiger partial charge in [-0.05, 0) is 30.7 Å². The first-order valence-electron chi connectivity index (χ1n) is 6.94. The predicted octanol–water partition coefficient (Wildman–Crippen LogP) is 3.28. The van der Waals surface area contributed by atoms with Crippen LogP contribution in [0.3, 0.4) is 0 Å². The molecular weight excluding hydrogens is 214 g/mol. The van der Waals surface area contributed by atoms with E-state index in [0.29, 0.717) is 18.4 Å². The molecule has 0 amide bonds. The van der Waals surface area contributed by atoms with E-state index in [2.05, 4.69) is 20.8 Å². The molecule has 3 N–H and O–H groups in total. The lowest BCUT2D eigenvalue weighted by Gasteiger charge is -2.28. The third-order valence-corrected chi connectivity index (χ3v) is 3.59. The van der Waals surface area contributed by atoms with Gasteiger partial charge in [0, 0.05) is 6.42 Å². The zero-order valence-corrected chi connectivity index (χ0v) is 11.6. The van der Waals surface area contributed by atoms with Gasteiger partial charge >= 0.3 is 5.97 Å². The normalized spacial score (nSPS) is 14.9. The smallest absolute Gasteiger partial charge is 0.303 e. The molecule has 0 spiro atoms. The molecule has 0 aromatic carbocycles. The van der Waals surface area contributed by atoms with Crippen LogP contribution in [0, 0.1) is 17.8 Å². The predicted molar refractivity (Wildman–Crippen MR) is 71.9 cm³/mol. The zero-order valence-electron chi connectivity index (χ0n) is 11.6. The van der Waals surface area contributed by atoms with Crippen molar-refractivity contribution in [1.29, 1.82) is 0 Å². The molecule has 2 atom stereocenters. The molecule has 0 fully saturated rings. The summed E-state index contributed by atoms with van der Waals surface area (Å²) in [7, 11) is 0. The molecule has 0 saturated carbocycles. The Kier molecular flexibility index (Phi) is 9.14. The minimum absolute atomic E-state index is 0.133. The molecule has 17 heavy (non-hydrogen) atoms. The van der Waals surface area contributed by atoms with Crippen molar-refractivity contribution in [2.75, 3.05) is 6.54 Å². The molecule has 0 aromatic heterocycles. The molecule has 0 saturated heterocycles. The van der Waals surface area contributed by atoms with Crippen molar-refractivity contribution in [2.45, 2.75) is 59.3 Å². The van der Waals surface area contributed by atoms with Crippen LogP contribution in [0.5, 0.6) is 0 Å². The molecule has 0 heterocycles. The highest BCUT2D eigenvalue weighted by Gasteiger charge is 2.24. The highest BCUT2D eigenvalue weighted by Crippen LogP contribution is 2.28. The number of unbranched alkanes of at least 4 members (excludes halogenated alkanes) is 3.